The number of fused-ring (bicyclic) bond motifs is 1. The summed E-state index contributed by atoms with van der Waals surface area (Å²) in [6.07, 6.45) is 1.80. The van der Waals surface area contributed by atoms with Crippen molar-refractivity contribution in [2.75, 3.05) is 24.3 Å². The summed E-state index contributed by atoms with van der Waals surface area (Å²) in [5.41, 5.74) is 2.83. The Morgan fingerprint density at radius 2 is 2.06 bits per heavy atom. The number of nitrogens with zero attached hydrogens (tertiary/aromatic N) is 3. The first-order chi connectivity index (χ1) is 15.1. The zero-order valence-corrected chi connectivity index (χ0v) is 18.3. The van der Waals surface area contributed by atoms with Crippen molar-refractivity contribution in [2.24, 2.45) is 0 Å². The van der Waals surface area contributed by atoms with Gasteiger partial charge in [-0.15, -0.1) is 0 Å². The van der Waals surface area contributed by atoms with Gasteiger partial charge in [-0.1, -0.05) is 23.4 Å². The summed E-state index contributed by atoms with van der Waals surface area (Å²) in [6, 6.07) is 12.6. The highest BCUT2D eigenvalue weighted by Gasteiger charge is 2.17. The molecule has 1 N–H and O–H groups in total. The number of amides is 1. The molecule has 7 nitrogen and oxygen atoms in total. The Bertz CT molecular complexity index is 1170. The number of halogens is 1. The average Bonchev–Trinajstić information content (AvgIpc) is 3.20. The topological polar surface area (TPSA) is 89.2 Å². The third-order valence-electron chi connectivity index (χ3n) is 4.68. The fourth-order valence-electron chi connectivity index (χ4n) is 3.22. The van der Waals surface area contributed by atoms with Crippen LogP contribution in [0.1, 0.15) is 12.5 Å². The predicted molar refractivity (Wildman–Crippen MR) is 120 cm³/mol. The normalized spacial score (nSPS) is 12.3. The van der Waals surface area contributed by atoms with Crippen LogP contribution in [0.3, 0.4) is 0 Å². The van der Waals surface area contributed by atoms with Gasteiger partial charge in [0.05, 0.1) is 28.2 Å². The Labute approximate surface area is 188 Å². The van der Waals surface area contributed by atoms with Crippen LogP contribution in [-0.4, -0.2) is 34.4 Å². The average molecular weight is 455 g/mol. The minimum Gasteiger partial charge on any atom is -0.486 e. The van der Waals surface area contributed by atoms with E-state index in [4.69, 9.17) is 26.3 Å². The number of benzene rings is 2. The molecule has 0 saturated carbocycles. The van der Waals surface area contributed by atoms with E-state index in [1.165, 1.54) is 11.8 Å². The number of anilines is 1. The Balaban J connectivity index is 1.45. The van der Waals surface area contributed by atoms with Crippen molar-refractivity contribution in [3.05, 3.63) is 53.2 Å². The first-order valence-corrected chi connectivity index (χ1v) is 11.0. The van der Waals surface area contributed by atoms with Crippen molar-refractivity contribution in [2.45, 2.75) is 18.6 Å². The molecule has 0 saturated heterocycles. The SMILES string of the molecule is CCn1c(-c2ccc3c(c2)OCCO3)cnc1SCC(=O)Nc1ccc(C#N)c(Cl)c1. The number of hydrogen-bond donors (Lipinski definition) is 1. The molecule has 0 fully saturated rings. The molecule has 3 aromatic rings. The summed E-state index contributed by atoms with van der Waals surface area (Å²) in [6.45, 7) is 3.83. The van der Waals surface area contributed by atoms with E-state index in [1.807, 2.05) is 31.2 Å². The van der Waals surface area contributed by atoms with Gasteiger partial charge in [-0.05, 0) is 43.3 Å². The van der Waals surface area contributed by atoms with Gasteiger partial charge in [-0.3, -0.25) is 4.79 Å². The molecule has 0 bridgehead atoms. The van der Waals surface area contributed by atoms with Crippen molar-refractivity contribution in [1.82, 2.24) is 9.55 Å². The Morgan fingerprint density at radius 1 is 1.26 bits per heavy atom. The highest BCUT2D eigenvalue weighted by atomic mass is 35.5. The molecule has 9 heteroatoms. The van der Waals surface area contributed by atoms with Gasteiger partial charge < -0.3 is 19.4 Å². The second-order valence-electron chi connectivity index (χ2n) is 6.67. The number of nitrogens with one attached hydrogen (secondary N) is 1. The summed E-state index contributed by atoms with van der Waals surface area (Å²) < 4.78 is 13.3. The second-order valence-corrected chi connectivity index (χ2v) is 8.02. The van der Waals surface area contributed by atoms with Crippen LogP contribution in [0.4, 0.5) is 5.69 Å². The maximum absolute atomic E-state index is 12.4. The first-order valence-electron chi connectivity index (χ1n) is 9.67. The van der Waals surface area contributed by atoms with Crippen molar-refractivity contribution in [1.29, 1.82) is 5.26 Å². The van der Waals surface area contributed by atoms with Gasteiger partial charge in [0.15, 0.2) is 16.7 Å². The van der Waals surface area contributed by atoms with Crippen molar-refractivity contribution >= 4 is 35.0 Å². The molecule has 1 aromatic heterocycles. The molecule has 1 aliphatic heterocycles. The van der Waals surface area contributed by atoms with E-state index in [2.05, 4.69) is 14.9 Å². The van der Waals surface area contributed by atoms with Crippen LogP contribution in [0.25, 0.3) is 11.3 Å². The Hall–Kier alpha value is -3.15. The number of carbonyl (C=O) groups is 1. The summed E-state index contributed by atoms with van der Waals surface area (Å²) in [4.78, 5) is 16.9. The molecule has 0 spiro atoms. The van der Waals surface area contributed by atoms with Crippen LogP contribution < -0.4 is 14.8 Å². The molecule has 0 radical (unpaired) electrons. The fourth-order valence-corrected chi connectivity index (χ4v) is 4.29. The standard InChI is InChI=1S/C22H19ClN4O3S/c1-2-27-18(14-4-6-19-20(9-14)30-8-7-29-19)12-25-22(27)31-13-21(28)26-16-5-3-15(11-24)17(23)10-16/h3-6,9-10,12H,2,7-8,13H2,1H3,(H,26,28). The minimum absolute atomic E-state index is 0.183. The zero-order valence-electron chi connectivity index (χ0n) is 16.7. The van der Waals surface area contributed by atoms with Crippen molar-refractivity contribution in [3.63, 3.8) is 0 Å². The molecule has 158 valence electrons. The van der Waals surface area contributed by atoms with E-state index >= 15 is 0 Å². The molecule has 1 aliphatic rings. The monoisotopic (exact) mass is 454 g/mol. The van der Waals surface area contributed by atoms with Crippen LogP contribution in [0, 0.1) is 11.3 Å². The zero-order chi connectivity index (χ0) is 21.8. The number of hydrogen-bond acceptors (Lipinski definition) is 6. The van der Waals surface area contributed by atoms with Gasteiger partial charge in [-0.25, -0.2) is 4.98 Å². The summed E-state index contributed by atoms with van der Waals surface area (Å²) in [7, 11) is 0. The minimum atomic E-state index is -0.183. The van der Waals surface area contributed by atoms with E-state index in [9.17, 15) is 4.79 Å². The Kier molecular flexibility index (Phi) is 6.35. The van der Waals surface area contributed by atoms with E-state index in [-0.39, 0.29) is 11.7 Å². The molecule has 2 heterocycles. The quantitative estimate of drug-likeness (QED) is 0.547. The number of aromatic nitrogens is 2. The molecule has 4 rings (SSSR count). The van der Waals surface area contributed by atoms with E-state index in [0.29, 0.717) is 36.0 Å². The fraction of sp³-hybridized carbons (Fsp3) is 0.227. The number of thioether (sulfide) groups is 1. The van der Waals surface area contributed by atoms with E-state index in [0.717, 1.165) is 27.9 Å². The molecule has 0 atom stereocenters. The van der Waals surface area contributed by atoms with Gasteiger partial charge in [-0.2, -0.15) is 5.26 Å². The largest absolute Gasteiger partial charge is 0.486 e. The predicted octanol–water partition coefficient (Wildman–Crippen LogP) is 4.60. The lowest BCUT2D eigenvalue weighted by atomic mass is 10.1. The number of imidazole rings is 1. The highest BCUT2D eigenvalue weighted by molar-refractivity contribution is 7.99. The lowest BCUT2D eigenvalue weighted by Gasteiger charge is -2.19. The smallest absolute Gasteiger partial charge is 0.234 e. The maximum Gasteiger partial charge on any atom is 0.234 e. The van der Waals surface area contributed by atoms with E-state index < -0.39 is 0 Å². The van der Waals surface area contributed by atoms with Crippen LogP contribution in [0.15, 0.2) is 47.8 Å². The van der Waals surface area contributed by atoms with Crippen molar-refractivity contribution in [3.8, 4) is 28.8 Å². The second kappa shape index (κ2) is 9.33. The van der Waals surface area contributed by atoms with Crippen LogP contribution in [0.5, 0.6) is 11.5 Å². The third-order valence-corrected chi connectivity index (χ3v) is 5.98. The van der Waals surface area contributed by atoms with Crippen LogP contribution in [0.2, 0.25) is 5.02 Å². The molecular formula is C22H19ClN4O3S. The molecule has 1 amide bonds. The number of nitriles is 1. The number of rotatable bonds is 6. The highest BCUT2D eigenvalue weighted by Crippen LogP contribution is 2.35. The molecule has 2 aromatic carbocycles. The lowest BCUT2D eigenvalue weighted by molar-refractivity contribution is -0.113. The van der Waals surface area contributed by atoms with Gasteiger partial charge in [0.1, 0.15) is 19.3 Å². The maximum atomic E-state index is 12.4. The number of ether oxygens (including phenoxy) is 2. The number of carbonyl (C=O) groups excluding carboxylic acids is 1. The van der Waals surface area contributed by atoms with Gasteiger partial charge in [0.25, 0.3) is 0 Å². The summed E-state index contributed by atoms with van der Waals surface area (Å²) >= 11 is 7.38. The molecule has 0 aliphatic carbocycles. The Morgan fingerprint density at radius 3 is 2.81 bits per heavy atom. The van der Waals surface area contributed by atoms with Gasteiger partial charge in [0.2, 0.25) is 5.91 Å². The lowest BCUT2D eigenvalue weighted by Crippen LogP contribution is -2.15. The molecular weight excluding hydrogens is 436 g/mol. The van der Waals surface area contributed by atoms with Gasteiger partial charge >= 0.3 is 0 Å². The molecule has 0 unspecified atom stereocenters. The van der Waals surface area contributed by atoms with Crippen LogP contribution >= 0.6 is 23.4 Å². The van der Waals surface area contributed by atoms with E-state index in [1.54, 1.807) is 24.4 Å². The first kappa shape index (κ1) is 21.1. The molecule has 31 heavy (non-hydrogen) atoms. The van der Waals surface area contributed by atoms with Crippen LogP contribution in [-0.2, 0) is 11.3 Å². The van der Waals surface area contributed by atoms with Gasteiger partial charge in [0, 0.05) is 17.8 Å². The summed E-state index contributed by atoms with van der Waals surface area (Å²) in [5.74, 6) is 1.47. The van der Waals surface area contributed by atoms with Crippen molar-refractivity contribution < 1.29 is 14.3 Å². The third kappa shape index (κ3) is 4.63. The summed E-state index contributed by atoms with van der Waals surface area (Å²) in [5, 5.41) is 12.8.